The Bertz CT molecular complexity index is 1130. The summed E-state index contributed by atoms with van der Waals surface area (Å²) in [6.45, 7) is 0. The van der Waals surface area contributed by atoms with Crippen LogP contribution in [0, 0.1) is 0 Å². The number of carbonyl (C=O) groups excluding carboxylic acids is 1. The van der Waals surface area contributed by atoms with Crippen LogP contribution in [-0.2, 0) is 0 Å². The third-order valence-corrected chi connectivity index (χ3v) is 4.92. The molecule has 5 nitrogen and oxygen atoms in total. The van der Waals surface area contributed by atoms with E-state index in [-0.39, 0.29) is 12.2 Å². The molecule has 0 atom stereocenters. The number of carbonyl (C=O) groups is 1. The largest absolute Gasteiger partial charge is 0.493 e. The first-order chi connectivity index (χ1) is 15.5. The lowest BCUT2D eigenvalue weighted by Crippen LogP contribution is -1.98. The summed E-state index contributed by atoms with van der Waals surface area (Å²) >= 11 is 5.95. The molecule has 164 valence electrons. The van der Waals surface area contributed by atoms with Crippen LogP contribution in [0.25, 0.3) is 12.2 Å². The molecule has 6 heteroatoms. The van der Waals surface area contributed by atoms with Crippen LogP contribution in [0.1, 0.15) is 27.9 Å². The van der Waals surface area contributed by atoms with Crippen LogP contribution in [0.3, 0.4) is 0 Å². The predicted octanol–water partition coefficient (Wildman–Crippen LogP) is 6.51. The summed E-state index contributed by atoms with van der Waals surface area (Å²) in [5.41, 5.74) is 3.21. The highest BCUT2D eigenvalue weighted by molar-refractivity contribution is 6.31. The van der Waals surface area contributed by atoms with Gasteiger partial charge in [0.2, 0.25) is 5.75 Å². The standard InChI is InChI=1S/C26H24ClNO4/c1-30-24-15-19(16-25(31-2)26(24)32-3)11-10-18-6-4-9-22(14-18)28-13-12-23(29)20-7-5-8-21(27)17-20/h4-11,13-17H,12H2,1-3H3/b11-10-,28-13?. The first-order valence-corrected chi connectivity index (χ1v) is 10.3. The minimum absolute atomic E-state index is 0.0327. The van der Waals surface area contributed by atoms with Gasteiger partial charge in [-0.1, -0.05) is 48.0 Å². The van der Waals surface area contributed by atoms with Gasteiger partial charge in [-0.15, -0.1) is 0 Å². The highest BCUT2D eigenvalue weighted by Crippen LogP contribution is 2.38. The molecule has 3 aromatic carbocycles. The Balaban J connectivity index is 1.71. The highest BCUT2D eigenvalue weighted by atomic mass is 35.5. The summed E-state index contributed by atoms with van der Waals surface area (Å²) in [4.78, 5) is 16.7. The van der Waals surface area contributed by atoms with E-state index in [0.29, 0.717) is 27.8 Å². The number of halogens is 1. The molecular formula is C26H24ClNO4. The number of rotatable bonds is 9. The quantitative estimate of drug-likeness (QED) is 0.212. The number of hydrogen-bond donors (Lipinski definition) is 0. The van der Waals surface area contributed by atoms with E-state index in [1.807, 2.05) is 48.6 Å². The van der Waals surface area contributed by atoms with Crippen molar-refractivity contribution in [3.8, 4) is 17.2 Å². The van der Waals surface area contributed by atoms with Gasteiger partial charge in [0.25, 0.3) is 0 Å². The molecule has 0 heterocycles. The Morgan fingerprint density at radius 3 is 2.22 bits per heavy atom. The maximum Gasteiger partial charge on any atom is 0.203 e. The summed E-state index contributed by atoms with van der Waals surface area (Å²) in [6, 6.07) is 18.4. The van der Waals surface area contributed by atoms with Crippen molar-refractivity contribution in [1.29, 1.82) is 0 Å². The smallest absolute Gasteiger partial charge is 0.203 e. The van der Waals surface area contributed by atoms with Gasteiger partial charge in [0.05, 0.1) is 27.0 Å². The molecule has 0 N–H and O–H groups in total. The van der Waals surface area contributed by atoms with Crippen molar-refractivity contribution in [1.82, 2.24) is 0 Å². The van der Waals surface area contributed by atoms with Crippen molar-refractivity contribution in [3.05, 3.63) is 82.4 Å². The van der Waals surface area contributed by atoms with Gasteiger partial charge < -0.3 is 14.2 Å². The number of ketones is 1. The Hall–Kier alpha value is -3.57. The molecule has 0 saturated carbocycles. The second-order valence-electron chi connectivity index (χ2n) is 6.84. The Morgan fingerprint density at radius 1 is 0.875 bits per heavy atom. The molecule has 0 saturated heterocycles. The van der Waals surface area contributed by atoms with Crippen LogP contribution in [0.2, 0.25) is 5.02 Å². The lowest BCUT2D eigenvalue weighted by Gasteiger charge is -2.12. The van der Waals surface area contributed by atoms with Crippen molar-refractivity contribution in [2.75, 3.05) is 21.3 Å². The zero-order valence-corrected chi connectivity index (χ0v) is 18.9. The number of methoxy groups -OCH3 is 3. The van der Waals surface area contributed by atoms with Gasteiger partial charge in [-0.25, -0.2) is 0 Å². The van der Waals surface area contributed by atoms with Gasteiger partial charge >= 0.3 is 0 Å². The summed E-state index contributed by atoms with van der Waals surface area (Å²) in [5, 5.41) is 0.541. The fraction of sp³-hybridized carbons (Fsp3) is 0.154. The zero-order valence-electron chi connectivity index (χ0n) is 18.2. The predicted molar refractivity (Wildman–Crippen MR) is 130 cm³/mol. The van der Waals surface area contributed by atoms with E-state index in [2.05, 4.69) is 4.99 Å². The van der Waals surface area contributed by atoms with E-state index in [1.165, 1.54) is 0 Å². The molecule has 0 aromatic heterocycles. The van der Waals surface area contributed by atoms with Crippen molar-refractivity contribution in [2.45, 2.75) is 6.42 Å². The molecule has 0 amide bonds. The SMILES string of the molecule is COc1cc(/C=C\c2cccc(N=CCC(=O)c3cccc(Cl)c3)c2)cc(OC)c1OC. The van der Waals surface area contributed by atoms with E-state index in [0.717, 1.165) is 16.8 Å². The molecule has 32 heavy (non-hydrogen) atoms. The van der Waals surface area contributed by atoms with Crippen LogP contribution in [0.4, 0.5) is 5.69 Å². The molecule has 0 unspecified atom stereocenters. The number of ether oxygens (including phenoxy) is 3. The van der Waals surface area contributed by atoms with Gasteiger partial charge in [0.1, 0.15) is 0 Å². The Morgan fingerprint density at radius 2 is 1.56 bits per heavy atom. The molecule has 3 aromatic rings. The maximum absolute atomic E-state index is 12.3. The molecule has 0 aliphatic rings. The summed E-state index contributed by atoms with van der Waals surface area (Å²) in [5.74, 6) is 1.70. The number of hydrogen-bond acceptors (Lipinski definition) is 5. The van der Waals surface area contributed by atoms with Crippen LogP contribution < -0.4 is 14.2 Å². The van der Waals surface area contributed by atoms with Crippen LogP contribution in [0.5, 0.6) is 17.2 Å². The third kappa shape index (κ3) is 5.99. The topological polar surface area (TPSA) is 57.1 Å². The average molecular weight is 450 g/mol. The highest BCUT2D eigenvalue weighted by Gasteiger charge is 2.12. The lowest BCUT2D eigenvalue weighted by molar-refractivity contribution is 0.100. The molecular weight excluding hydrogens is 426 g/mol. The fourth-order valence-corrected chi connectivity index (χ4v) is 3.30. The molecule has 3 rings (SSSR count). The number of Topliss-reactive ketones (excluding diaryl/α,β-unsaturated/α-hetero) is 1. The van der Waals surface area contributed by atoms with Gasteiger partial charge in [-0.2, -0.15) is 0 Å². The van der Waals surface area contributed by atoms with Gasteiger partial charge in [-0.05, 0) is 47.5 Å². The third-order valence-electron chi connectivity index (χ3n) is 4.69. The minimum Gasteiger partial charge on any atom is -0.493 e. The van der Waals surface area contributed by atoms with Crippen molar-refractivity contribution in [2.24, 2.45) is 4.99 Å². The molecule has 0 spiro atoms. The monoisotopic (exact) mass is 449 g/mol. The average Bonchev–Trinajstić information content (AvgIpc) is 2.82. The number of aliphatic imine (C=N–C) groups is 1. The van der Waals surface area contributed by atoms with E-state index in [9.17, 15) is 4.79 Å². The Kier molecular flexibility index (Phi) is 8.06. The first kappa shape index (κ1) is 23.1. The molecule has 0 aliphatic heterocycles. The van der Waals surface area contributed by atoms with Crippen LogP contribution >= 0.6 is 11.6 Å². The second-order valence-corrected chi connectivity index (χ2v) is 7.27. The molecule has 0 aliphatic carbocycles. The fourth-order valence-electron chi connectivity index (χ4n) is 3.11. The van der Waals surface area contributed by atoms with Gasteiger partial charge in [0, 0.05) is 23.2 Å². The van der Waals surface area contributed by atoms with Crippen molar-refractivity contribution >= 4 is 41.4 Å². The maximum atomic E-state index is 12.3. The summed E-state index contributed by atoms with van der Waals surface area (Å²) < 4.78 is 16.2. The van der Waals surface area contributed by atoms with E-state index >= 15 is 0 Å². The molecule has 0 radical (unpaired) electrons. The Labute approximate surface area is 192 Å². The van der Waals surface area contributed by atoms with E-state index < -0.39 is 0 Å². The van der Waals surface area contributed by atoms with Crippen LogP contribution in [-0.4, -0.2) is 33.3 Å². The van der Waals surface area contributed by atoms with Crippen molar-refractivity contribution in [3.63, 3.8) is 0 Å². The zero-order chi connectivity index (χ0) is 22.9. The van der Waals surface area contributed by atoms with Crippen LogP contribution in [0.15, 0.2) is 65.7 Å². The second kappa shape index (κ2) is 11.2. The summed E-state index contributed by atoms with van der Waals surface area (Å²) in [6.07, 6.45) is 5.74. The van der Waals surface area contributed by atoms with Gasteiger partial charge in [-0.3, -0.25) is 9.79 Å². The summed E-state index contributed by atoms with van der Waals surface area (Å²) in [7, 11) is 4.75. The van der Waals surface area contributed by atoms with E-state index in [1.54, 1.807) is 51.8 Å². The number of nitrogens with zero attached hydrogens (tertiary/aromatic N) is 1. The minimum atomic E-state index is -0.0327. The first-order valence-electron chi connectivity index (χ1n) is 9.93. The normalized spacial score (nSPS) is 11.1. The molecule has 0 bridgehead atoms. The lowest BCUT2D eigenvalue weighted by atomic mass is 10.1. The molecule has 0 fully saturated rings. The van der Waals surface area contributed by atoms with Crippen molar-refractivity contribution < 1.29 is 19.0 Å². The van der Waals surface area contributed by atoms with Gasteiger partial charge in [0.15, 0.2) is 17.3 Å². The number of benzene rings is 3. The van der Waals surface area contributed by atoms with E-state index in [4.69, 9.17) is 25.8 Å².